The highest BCUT2D eigenvalue weighted by Crippen LogP contribution is 2.36. The van der Waals surface area contributed by atoms with Gasteiger partial charge in [-0.25, -0.2) is 18.1 Å². The molecule has 0 amide bonds. The minimum absolute atomic E-state index is 0.0801. The number of sulfonamides is 1. The van der Waals surface area contributed by atoms with Crippen molar-refractivity contribution in [1.82, 2.24) is 9.71 Å². The molecule has 2 aromatic rings. The maximum Gasteiger partial charge on any atom is 0.419 e. The highest BCUT2D eigenvalue weighted by Gasteiger charge is 2.36. The summed E-state index contributed by atoms with van der Waals surface area (Å²) in [6.45, 7) is 6.73. The number of benzene rings is 1. The zero-order valence-corrected chi connectivity index (χ0v) is 18.0. The van der Waals surface area contributed by atoms with Crippen LogP contribution in [0.2, 0.25) is 0 Å². The van der Waals surface area contributed by atoms with Crippen molar-refractivity contribution in [2.75, 3.05) is 18.0 Å². The third-order valence-corrected chi connectivity index (χ3v) is 6.78. The topological polar surface area (TPSA) is 62.3 Å². The third kappa shape index (κ3) is 5.13. The second kappa shape index (κ2) is 8.19. The number of halogens is 3. The van der Waals surface area contributed by atoms with E-state index in [0.29, 0.717) is 12.8 Å². The van der Waals surface area contributed by atoms with Crippen LogP contribution in [0.4, 0.5) is 19.0 Å². The number of nitrogens with one attached hydrogen (secondary N) is 1. The molecule has 1 aromatic carbocycles. The van der Waals surface area contributed by atoms with Gasteiger partial charge in [-0.05, 0) is 48.1 Å². The molecular formula is C21H26F3N3O2S. The molecule has 0 aliphatic carbocycles. The summed E-state index contributed by atoms with van der Waals surface area (Å²) in [6.07, 6.45) is -2.36. The van der Waals surface area contributed by atoms with Gasteiger partial charge >= 0.3 is 6.18 Å². The smallest absolute Gasteiger partial charge is 0.356 e. The number of pyridine rings is 1. The van der Waals surface area contributed by atoms with Crippen LogP contribution in [0.1, 0.15) is 44.7 Å². The fourth-order valence-corrected chi connectivity index (χ4v) is 4.81. The minimum atomic E-state index is -4.48. The van der Waals surface area contributed by atoms with Crippen molar-refractivity contribution in [2.24, 2.45) is 0 Å². The standard InChI is InChI=1S/C21H26F3N3O2S/c1-20(2,3)15-6-8-17(9-7-15)30(28,29)26-16-10-13-27(14-11-16)19-18(21(22,23)24)5-4-12-25-19/h4-9,12,16,26H,10-11,13-14H2,1-3H3. The van der Waals surface area contributed by atoms with E-state index in [4.69, 9.17) is 0 Å². The normalized spacial score (nSPS) is 16.7. The van der Waals surface area contributed by atoms with Crippen molar-refractivity contribution < 1.29 is 21.6 Å². The molecule has 0 unspecified atom stereocenters. The van der Waals surface area contributed by atoms with Crippen LogP contribution in [0.15, 0.2) is 47.5 Å². The maximum atomic E-state index is 13.2. The zero-order valence-electron chi connectivity index (χ0n) is 17.2. The lowest BCUT2D eigenvalue weighted by atomic mass is 9.87. The molecule has 1 aliphatic rings. The van der Waals surface area contributed by atoms with Crippen molar-refractivity contribution in [3.8, 4) is 0 Å². The van der Waals surface area contributed by atoms with E-state index in [1.165, 1.54) is 12.3 Å². The molecule has 1 saturated heterocycles. The molecule has 0 spiro atoms. The number of anilines is 1. The summed E-state index contributed by atoms with van der Waals surface area (Å²) in [6, 6.07) is 8.71. The fraction of sp³-hybridized carbons (Fsp3) is 0.476. The average Bonchev–Trinajstić information content (AvgIpc) is 2.67. The second-order valence-corrected chi connectivity index (χ2v) is 10.2. The molecule has 1 fully saturated rings. The first-order chi connectivity index (χ1) is 13.9. The van der Waals surface area contributed by atoms with Crippen LogP contribution in [0.3, 0.4) is 0 Å². The van der Waals surface area contributed by atoms with Crippen LogP contribution >= 0.6 is 0 Å². The Kier molecular flexibility index (Phi) is 6.15. The zero-order chi connectivity index (χ0) is 22.2. The molecule has 2 heterocycles. The summed E-state index contributed by atoms with van der Waals surface area (Å²) < 4.78 is 67.8. The number of hydrogen-bond acceptors (Lipinski definition) is 4. The van der Waals surface area contributed by atoms with Crippen LogP contribution in [-0.2, 0) is 21.6 Å². The van der Waals surface area contributed by atoms with Crippen LogP contribution in [0, 0.1) is 0 Å². The van der Waals surface area contributed by atoms with Gasteiger partial charge in [0.25, 0.3) is 0 Å². The number of nitrogens with zero attached hydrogens (tertiary/aromatic N) is 2. The average molecular weight is 442 g/mol. The van der Waals surface area contributed by atoms with Crippen LogP contribution in [0.25, 0.3) is 0 Å². The van der Waals surface area contributed by atoms with Gasteiger partial charge in [0, 0.05) is 25.3 Å². The van der Waals surface area contributed by atoms with Crippen LogP contribution < -0.4 is 9.62 Å². The van der Waals surface area contributed by atoms with E-state index < -0.39 is 21.8 Å². The summed E-state index contributed by atoms with van der Waals surface area (Å²) in [5, 5.41) is 0. The van der Waals surface area contributed by atoms with E-state index in [2.05, 4.69) is 9.71 Å². The van der Waals surface area contributed by atoms with Gasteiger partial charge in [0.15, 0.2) is 0 Å². The predicted octanol–water partition coefficient (Wildman–Crippen LogP) is 4.35. The van der Waals surface area contributed by atoms with Crippen molar-refractivity contribution in [3.63, 3.8) is 0 Å². The monoisotopic (exact) mass is 441 g/mol. The molecule has 1 aliphatic heterocycles. The Morgan fingerprint density at radius 2 is 1.63 bits per heavy atom. The van der Waals surface area contributed by atoms with E-state index >= 15 is 0 Å². The van der Waals surface area contributed by atoms with Gasteiger partial charge in [-0.3, -0.25) is 0 Å². The quantitative estimate of drug-likeness (QED) is 0.767. The lowest BCUT2D eigenvalue weighted by Gasteiger charge is -2.34. The number of rotatable bonds is 4. The molecule has 1 N–H and O–H groups in total. The molecule has 0 saturated carbocycles. The Morgan fingerprint density at radius 1 is 1.03 bits per heavy atom. The Hall–Kier alpha value is -2.13. The summed E-state index contributed by atoms with van der Waals surface area (Å²) in [5.74, 6) is -0.107. The molecule has 0 bridgehead atoms. The molecule has 0 atom stereocenters. The summed E-state index contributed by atoms with van der Waals surface area (Å²) in [4.78, 5) is 5.65. The maximum absolute atomic E-state index is 13.2. The van der Waals surface area contributed by atoms with Gasteiger partial charge in [-0.1, -0.05) is 32.9 Å². The summed E-state index contributed by atoms with van der Waals surface area (Å²) in [5.41, 5.74) is 0.178. The van der Waals surface area contributed by atoms with Gasteiger partial charge in [-0.2, -0.15) is 13.2 Å². The van der Waals surface area contributed by atoms with Gasteiger partial charge < -0.3 is 4.90 Å². The van der Waals surface area contributed by atoms with Crippen molar-refractivity contribution in [2.45, 2.75) is 56.1 Å². The van der Waals surface area contributed by atoms with Gasteiger partial charge in [0.2, 0.25) is 10.0 Å². The fourth-order valence-electron chi connectivity index (χ4n) is 3.50. The van der Waals surface area contributed by atoms with E-state index in [0.717, 1.165) is 11.6 Å². The molecule has 5 nitrogen and oxygen atoms in total. The number of hydrogen-bond donors (Lipinski definition) is 1. The largest absolute Gasteiger partial charge is 0.419 e. The van der Waals surface area contributed by atoms with E-state index in [1.54, 1.807) is 29.2 Å². The van der Waals surface area contributed by atoms with Crippen LogP contribution in [-0.4, -0.2) is 32.5 Å². The first-order valence-corrected chi connectivity index (χ1v) is 11.3. The number of alkyl halides is 3. The van der Waals surface area contributed by atoms with E-state index in [-0.39, 0.29) is 35.3 Å². The van der Waals surface area contributed by atoms with Crippen LogP contribution in [0.5, 0.6) is 0 Å². The highest BCUT2D eigenvalue weighted by atomic mass is 32.2. The predicted molar refractivity (Wildman–Crippen MR) is 110 cm³/mol. The molecule has 3 rings (SSSR count). The second-order valence-electron chi connectivity index (χ2n) is 8.53. The molecule has 0 radical (unpaired) electrons. The van der Waals surface area contributed by atoms with Crippen molar-refractivity contribution in [3.05, 3.63) is 53.7 Å². The molecule has 1 aromatic heterocycles. The van der Waals surface area contributed by atoms with Gasteiger partial charge in [-0.15, -0.1) is 0 Å². The van der Waals surface area contributed by atoms with E-state index in [1.807, 2.05) is 20.8 Å². The SMILES string of the molecule is CC(C)(C)c1ccc(S(=O)(=O)NC2CCN(c3ncccc3C(F)(F)F)CC2)cc1. The molecule has 9 heteroatoms. The van der Waals surface area contributed by atoms with Crippen molar-refractivity contribution >= 4 is 15.8 Å². The molecule has 30 heavy (non-hydrogen) atoms. The lowest BCUT2D eigenvalue weighted by molar-refractivity contribution is -0.137. The Morgan fingerprint density at radius 3 is 2.17 bits per heavy atom. The third-order valence-electron chi connectivity index (χ3n) is 5.24. The summed E-state index contributed by atoms with van der Waals surface area (Å²) in [7, 11) is -3.70. The Labute approximate surface area is 175 Å². The Balaban J connectivity index is 1.66. The summed E-state index contributed by atoms with van der Waals surface area (Å²) >= 11 is 0. The lowest BCUT2D eigenvalue weighted by Crippen LogP contribution is -2.45. The van der Waals surface area contributed by atoms with Gasteiger partial charge in [0.05, 0.1) is 10.5 Å². The number of piperidine rings is 1. The Bertz CT molecular complexity index is 976. The van der Waals surface area contributed by atoms with E-state index in [9.17, 15) is 21.6 Å². The van der Waals surface area contributed by atoms with Gasteiger partial charge in [0.1, 0.15) is 5.82 Å². The minimum Gasteiger partial charge on any atom is -0.356 e. The first kappa shape index (κ1) is 22.6. The molecular weight excluding hydrogens is 415 g/mol. The number of aromatic nitrogens is 1. The highest BCUT2D eigenvalue weighted by molar-refractivity contribution is 7.89. The van der Waals surface area contributed by atoms with Crippen molar-refractivity contribution in [1.29, 1.82) is 0 Å². The molecule has 164 valence electrons. The first-order valence-electron chi connectivity index (χ1n) is 9.78.